The molecule has 0 radical (unpaired) electrons. The molecular weight excluding hydrogens is 294 g/mol. The van der Waals surface area contributed by atoms with Crippen molar-refractivity contribution in [3.8, 4) is 0 Å². The number of aliphatic imine (C=N–C) groups is 1. The van der Waals surface area contributed by atoms with Crippen LogP contribution in [0.15, 0.2) is 33.7 Å². The molecule has 0 saturated carbocycles. The summed E-state index contributed by atoms with van der Waals surface area (Å²) in [5.41, 5.74) is 9.46. The zero-order chi connectivity index (χ0) is 17.0. The Labute approximate surface area is 135 Å². The monoisotopic (exact) mass is 315 g/mol. The van der Waals surface area contributed by atoms with Crippen LogP contribution in [0.1, 0.15) is 33.0 Å². The minimum atomic E-state index is -0.428. The topological polar surface area (TPSA) is 89.8 Å². The van der Waals surface area contributed by atoms with Gasteiger partial charge in [0, 0.05) is 5.69 Å². The number of rotatable bonds is 4. The number of hydrogen-bond acceptors (Lipinski definition) is 4. The normalized spacial score (nSPS) is 11.4. The van der Waals surface area contributed by atoms with Gasteiger partial charge < -0.3 is 20.2 Å². The quantitative estimate of drug-likeness (QED) is 0.514. The van der Waals surface area contributed by atoms with Gasteiger partial charge in [-0.25, -0.2) is 9.79 Å². The number of guanidine groups is 1. The number of nitrogens with zero attached hydrogens (tertiary/aromatic N) is 1. The molecule has 0 atom stereocenters. The SMILES string of the molecule is COC(=O)c1cc(CN=C(N)Nc2cc(C)cc(C)c2)oc1C. The summed E-state index contributed by atoms with van der Waals surface area (Å²) in [5, 5.41) is 3.04. The number of methoxy groups -OCH3 is 1. The molecule has 6 heteroatoms. The van der Waals surface area contributed by atoms with Gasteiger partial charge in [0.15, 0.2) is 5.96 Å². The van der Waals surface area contributed by atoms with E-state index in [9.17, 15) is 4.79 Å². The van der Waals surface area contributed by atoms with Crippen LogP contribution >= 0.6 is 0 Å². The Balaban J connectivity index is 2.06. The molecule has 1 aromatic carbocycles. The van der Waals surface area contributed by atoms with E-state index in [4.69, 9.17) is 10.2 Å². The average Bonchev–Trinajstić information content (AvgIpc) is 2.84. The van der Waals surface area contributed by atoms with Crippen LogP contribution < -0.4 is 11.1 Å². The first-order valence-corrected chi connectivity index (χ1v) is 7.22. The maximum absolute atomic E-state index is 11.5. The van der Waals surface area contributed by atoms with Gasteiger partial charge in [-0.2, -0.15) is 0 Å². The van der Waals surface area contributed by atoms with Crippen molar-refractivity contribution in [3.05, 3.63) is 52.5 Å². The Bertz CT molecular complexity index is 727. The number of benzene rings is 1. The number of carbonyl (C=O) groups excluding carboxylic acids is 1. The summed E-state index contributed by atoms with van der Waals surface area (Å²) in [6.07, 6.45) is 0. The molecule has 0 aliphatic carbocycles. The van der Waals surface area contributed by atoms with Crippen LogP contribution in [0.4, 0.5) is 5.69 Å². The number of hydrogen-bond donors (Lipinski definition) is 2. The maximum atomic E-state index is 11.5. The van der Waals surface area contributed by atoms with Crippen molar-refractivity contribution in [3.63, 3.8) is 0 Å². The molecule has 3 N–H and O–H groups in total. The molecule has 6 nitrogen and oxygen atoms in total. The molecule has 1 aromatic heterocycles. The third-order valence-corrected chi connectivity index (χ3v) is 3.27. The molecule has 23 heavy (non-hydrogen) atoms. The van der Waals surface area contributed by atoms with Crippen LogP contribution in [0.3, 0.4) is 0 Å². The smallest absolute Gasteiger partial charge is 0.341 e. The third kappa shape index (κ3) is 4.35. The zero-order valence-corrected chi connectivity index (χ0v) is 13.8. The van der Waals surface area contributed by atoms with E-state index in [1.165, 1.54) is 7.11 Å². The van der Waals surface area contributed by atoms with E-state index in [1.807, 2.05) is 26.0 Å². The lowest BCUT2D eigenvalue weighted by Gasteiger charge is -2.07. The number of nitrogens with one attached hydrogen (secondary N) is 1. The Morgan fingerprint density at radius 1 is 1.22 bits per heavy atom. The molecule has 2 aromatic rings. The molecule has 0 bridgehead atoms. The summed E-state index contributed by atoms with van der Waals surface area (Å²) < 4.78 is 10.2. The minimum absolute atomic E-state index is 0.238. The summed E-state index contributed by atoms with van der Waals surface area (Å²) in [6, 6.07) is 7.68. The van der Waals surface area contributed by atoms with Crippen molar-refractivity contribution in [2.45, 2.75) is 27.3 Å². The van der Waals surface area contributed by atoms with Crippen LogP contribution in [-0.4, -0.2) is 19.0 Å². The van der Waals surface area contributed by atoms with Gasteiger partial charge in [0.05, 0.1) is 7.11 Å². The first-order chi connectivity index (χ1) is 10.9. The predicted octanol–water partition coefficient (Wildman–Crippen LogP) is 2.92. The lowest BCUT2D eigenvalue weighted by molar-refractivity contribution is 0.0599. The number of ether oxygens (including phenoxy) is 1. The van der Waals surface area contributed by atoms with Gasteiger partial charge in [0.2, 0.25) is 0 Å². The predicted molar refractivity (Wildman–Crippen MR) is 89.6 cm³/mol. The molecular formula is C17H21N3O3. The molecule has 0 aliphatic heterocycles. The van der Waals surface area contributed by atoms with Crippen molar-refractivity contribution < 1.29 is 13.9 Å². The van der Waals surface area contributed by atoms with Crippen LogP contribution in [0.25, 0.3) is 0 Å². The summed E-state index contributed by atoms with van der Waals surface area (Å²) in [7, 11) is 1.33. The second kappa shape index (κ2) is 7.00. The van der Waals surface area contributed by atoms with E-state index in [2.05, 4.69) is 21.1 Å². The van der Waals surface area contributed by atoms with Crippen molar-refractivity contribution in [2.24, 2.45) is 10.7 Å². The molecule has 122 valence electrons. The van der Waals surface area contributed by atoms with Crippen molar-refractivity contribution in [2.75, 3.05) is 12.4 Å². The van der Waals surface area contributed by atoms with Gasteiger partial charge in [-0.3, -0.25) is 0 Å². The highest BCUT2D eigenvalue weighted by molar-refractivity contribution is 5.92. The van der Waals surface area contributed by atoms with Crippen molar-refractivity contribution in [1.29, 1.82) is 0 Å². The molecule has 0 amide bonds. The lowest BCUT2D eigenvalue weighted by atomic mass is 10.1. The highest BCUT2D eigenvalue weighted by atomic mass is 16.5. The van der Waals surface area contributed by atoms with Crippen LogP contribution in [0.5, 0.6) is 0 Å². The first-order valence-electron chi connectivity index (χ1n) is 7.22. The maximum Gasteiger partial charge on any atom is 0.341 e. The second-order valence-corrected chi connectivity index (χ2v) is 5.38. The highest BCUT2D eigenvalue weighted by Gasteiger charge is 2.14. The van der Waals surface area contributed by atoms with E-state index in [1.54, 1.807) is 13.0 Å². The van der Waals surface area contributed by atoms with E-state index >= 15 is 0 Å². The number of furan rings is 1. The molecule has 0 fully saturated rings. The number of nitrogens with two attached hydrogens (primary N) is 1. The Hall–Kier alpha value is -2.76. The average molecular weight is 315 g/mol. The van der Waals surface area contributed by atoms with Crippen LogP contribution in [0.2, 0.25) is 0 Å². The van der Waals surface area contributed by atoms with Gasteiger partial charge >= 0.3 is 5.97 Å². The minimum Gasteiger partial charge on any atom is -0.465 e. The van der Waals surface area contributed by atoms with Crippen LogP contribution in [-0.2, 0) is 11.3 Å². The highest BCUT2D eigenvalue weighted by Crippen LogP contribution is 2.17. The molecule has 1 heterocycles. The largest absolute Gasteiger partial charge is 0.465 e. The first kappa shape index (κ1) is 16.6. The zero-order valence-electron chi connectivity index (χ0n) is 13.8. The van der Waals surface area contributed by atoms with Gasteiger partial charge in [-0.05, 0) is 50.1 Å². The molecule has 0 spiro atoms. The summed E-state index contributed by atoms with van der Waals surface area (Å²) in [6.45, 7) is 5.98. The Morgan fingerprint density at radius 2 is 1.87 bits per heavy atom. The second-order valence-electron chi connectivity index (χ2n) is 5.38. The van der Waals surface area contributed by atoms with Crippen molar-refractivity contribution in [1.82, 2.24) is 0 Å². The fourth-order valence-corrected chi connectivity index (χ4v) is 2.33. The van der Waals surface area contributed by atoms with Gasteiger partial charge in [-0.1, -0.05) is 6.07 Å². The fraction of sp³-hybridized carbons (Fsp3) is 0.294. The molecule has 0 unspecified atom stereocenters. The van der Waals surface area contributed by atoms with Gasteiger partial charge in [0.1, 0.15) is 23.6 Å². The summed E-state index contributed by atoms with van der Waals surface area (Å²) in [5.74, 6) is 0.905. The number of aryl methyl sites for hydroxylation is 3. The van der Waals surface area contributed by atoms with E-state index in [0.717, 1.165) is 16.8 Å². The number of esters is 1. The summed E-state index contributed by atoms with van der Waals surface area (Å²) in [4.78, 5) is 15.8. The Kier molecular flexibility index (Phi) is 5.05. The summed E-state index contributed by atoms with van der Waals surface area (Å²) >= 11 is 0. The standard InChI is InChI=1S/C17H21N3O3/c1-10-5-11(2)7-13(6-10)20-17(18)19-9-14-8-15(12(3)23-14)16(21)22-4/h5-8H,9H2,1-4H3,(H3,18,19,20). The van der Waals surface area contributed by atoms with E-state index in [-0.39, 0.29) is 12.5 Å². The lowest BCUT2D eigenvalue weighted by Crippen LogP contribution is -2.22. The van der Waals surface area contributed by atoms with E-state index < -0.39 is 5.97 Å². The Morgan fingerprint density at radius 3 is 2.48 bits per heavy atom. The molecule has 2 rings (SSSR count). The van der Waals surface area contributed by atoms with Crippen LogP contribution in [0, 0.1) is 20.8 Å². The fourth-order valence-electron chi connectivity index (χ4n) is 2.33. The molecule has 0 aliphatic rings. The van der Waals surface area contributed by atoms with E-state index in [0.29, 0.717) is 17.1 Å². The number of anilines is 1. The third-order valence-electron chi connectivity index (χ3n) is 3.27. The molecule has 0 saturated heterocycles. The van der Waals surface area contributed by atoms with Crippen molar-refractivity contribution >= 4 is 17.6 Å². The van der Waals surface area contributed by atoms with Gasteiger partial charge in [0.25, 0.3) is 0 Å². The number of carbonyl (C=O) groups is 1. The van der Waals surface area contributed by atoms with Gasteiger partial charge in [-0.15, -0.1) is 0 Å².